The Morgan fingerprint density at radius 1 is 1.44 bits per heavy atom. The highest BCUT2D eigenvalue weighted by atomic mass is 32.2. The molecule has 18 heavy (non-hydrogen) atoms. The van der Waals surface area contributed by atoms with Crippen LogP contribution < -0.4 is 5.73 Å². The summed E-state index contributed by atoms with van der Waals surface area (Å²) in [6.07, 6.45) is 4.45. The summed E-state index contributed by atoms with van der Waals surface area (Å²) in [4.78, 5) is 4.01. The summed E-state index contributed by atoms with van der Waals surface area (Å²) < 4.78 is 24.3. The van der Waals surface area contributed by atoms with Crippen molar-refractivity contribution >= 4 is 15.7 Å². The lowest BCUT2D eigenvalue weighted by molar-refractivity contribution is 0.600. The second-order valence-corrected chi connectivity index (χ2v) is 6.28. The average molecular weight is 266 g/mol. The van der Waals surface area contributed by atoms with Crippen molar-refractivity contribution in [1.82, 2.24) is 14.8 Å². The van der Waals surface area contributed by atoms with Gasteiger partial charge >= 0.3 is 0 Å². The van der Waals surface area contributed by atoms with Crippen molar-refractivity contribution in [1.29, 1.82) is 0 Å². The summed E-state index contributed by atoms with van der Waals surface area (Å²) in [5.41, 5.74) is 7.78. The number of anilines is 1. The molecule has 2 heterocycles. The minimum Gasteiger partial charge on any atom is -0.383 e. The summed E-state index contributed by atoms with van der Waals surface area (Å²) in [6.45, 7) is 0. The van der Waals surface area contributed by atoms with Crippen molar-refractivity contribution < 1.29 is 8.42 Å². The van der Waals surface area contributed by atoms with E-state index in [4.69, 9.17) is 5.73 Å². The predicted octanol–water partition coefficient (Wildman–Crippen LogP) is 0.609. The van der Waals surface area contributed by atoms with Gasteiger partial charge in [0.1, 0.15) is 5.82 Å². The van der Waals surface area contributed by atoms with Crippen molar-refractivity contribution in [2.24, 2.45) is 7.05 Å². The van der Waals surface area contributed by atoms with E-state index in [1.807, 2.05) is 6.07 Å². The monoisotopic (exact) mass is 266 g/mol. The van der Waals surface area contributed by atoms with Crippen LogP contribution in [0.2, 0.25) is 0 Å². The molecule has 2 aromatic rings. The molecule has 0 aromatic carbocycles. The summed E-state index contributed by atoms with van der Waals surface area (Å²) in [6, 6.07) is 3.60. The van der Waals surface area contributed by atoms with E-state index in [1.165, 1.54) is 10.9 Å². The largest absolute Gasteiger partial charge is 0.383 e. The van der Waals surface area contributed by atoms with Gasteiger partial charge in [-0.25, -0.2) is 8.42 Å². The number of nitrogens with two attached hydrogens (primary N) is 1. The van der Waals surface area contributed by atoms with Crippen LogP contribution in [0.3, 0.4) is 0 Å². The lowest BCUT2D eigenvalue weighted by Gasteiger charge is -2.02. The van der Waals surface area contributed by atoms with Crippen LogP contribution in [-0.4, -0.2) is 29.4 Å². The van der Waals surface area contributed by atoms with Gasteiger partial charge in [0.25, 0.3) is 0 Å². The van der Waals surface area contributed by atoms with Gasteiger partial charge in [-0.1, -0.05) is 6.07 Å². The van der Waals surface area contributed by atoms with Gasteiger partial charge in [-0.15, -0.1) is 0 Å². The van der Waals surface area contributed by atoms with Crippen LogP contribution in [0.25, 0.3) is 11.1 Å². The van der Waals surface area contributed by atoms with Gasteiger partial charge < -0.3 is 5.73 Å². The van der Waals surface area contributed by atoms with E-state index < -0.39 is 9.84 Å². The van der Waals surface area contributed by atoms with Crippen molar-refractivity contribution in [3.63, 3.8) is 0 Å². The third-order valence-corrected chi connectivity index (χ3v) is 3.31. The van der Waals surface area contributed by atoms with Crippen LogP contribution in [0, 0.1) is 0 Å². The van der Waals surface area contributed by atoms with Crippen molar-refractivity contribution in [2.75, 3.05) is 12.0 Å². The smallest absolute Gasteiger partial charge is 0.153 e. The number of nitrogens with zero attached hydrogens (tertiary/aromatic N) is 3. The Kier molecular flexibility index (Phi) is 3.08. The van der Waals surface area contributed by atoms with Crippen molar-refractivity contribution in [3.8, 4) is 11.1 Å². The molecular weight excluding hydrogens is 252 g/mol. The van der Waals surface area contributed by atoms with Gasteiger partial charge in [0.15, 0.2) is 9.84 Å². The van der Waals surface area contributed by atoms with E-state index in [9.17, 15) is 8.42 Å². The maximum absolute atomic E-state index is 11.4. The summed E-state index contributed by atoms with van der Waals surface area (Å²) in [7, 11) is -1.48. The first-order valence-corrected chi connectivity index (χ1v) is 7.34. The third kappa shape index (κ3) is 2.51. The molecule has 0 aliphatic rings. The molecule has 6 nitrogen and oxygen atoms in total. The standard InChI is InChI=1S/C11H14N4O2S/c1-15-11(12)10(8-4-3-5-13-6-8)9(14-15)7-18(2,16)17/h3-6H,7,12H2,1-2H3. The lowest BCUT2D eigenvalue weighted by atomic mass is 10.1. The molecule has 2 N–H and O–H groups in total. The highest BCUT2D eigenvalue weighted by Gasteiger charge is 2.19. The van der Waals surface area contributed by atoms with E-state index in [-0.39, 0.29) is 5.75 Å². The second kappa shape index (κ2) is 4.41. The first-order valence-electron chi connectivity index (χ1n) is 5.28. The quantitative estimate of drug-likeness (QED) is 0.878. The SMILES string of the molecule is Cn1nc(CS(C)(=O)=O)c(-c2cccnc2)c1N. The van der Waals surface area contributed by atoms with Crippen molar-refractivity contribution in [2.45, 2.75) is 5.75 Å². The predicted molar refractivity (Wildman–Crippen MR) is 69.4 cm³/mol. The number of pyridine rings is 1. The van der Waals surface area contributed by atoms with Gasteiger partial charge in [0.05, 0.1) is 11.4 Å². The van der Waals surface area contributed by atoms with Gasteiger partial charge in [-0.05, 0) is 6.07 Å². The zero-order valence-electron chi connectivity index (χ0n) is 10.2. The summed E-state index contributed by atoms with van der Waals surface area (Å²) >= 11 is 0. The van der Waals surface area contributed by atoms with E-state index in [0.717, 1.165) is 5.56 Å². The first-order chi connectivity index (χ1) is 8.38. The van der Waals surface area contributed by atoms with Crippen molar-refractivity contribution in [3.05, 3.63) is 30.2 Å². The van der Waals surface area contributed by atoms with E-state index in [1.54, 1.807) is 25.5 Å². The highest BCUT2D eigenvalue weighted by molar-refractivity contribution is 7.89. The Labute approximate surface area is 105 Å². The molecule has 0 bridgehead atoms. The minimum absolute atomic E-state index is 0.137. The summed E-state index contributed by atoms with van der Waals surface area (Å²) in [5.74, 6) is 0.295. The fourth-order valence-electron chi connectivity index (χ4n) is 1.77. The topological polar surface area (TPSA) is 90.9 Å². The average Bonchev–Trinajstić information content (AvgIpc) is 2.53. The molecule has 0 spiro atoms. The maximum atomic E-state index is 11.4. The molecule has 0 atom stereocenters. The van der Waals surface area contributed by atoms with Gasteiger partial charge in [0.2, 0.25) is 0 Å². The van der Waals surface area contributed by atoms with Crippen LogP contribution in [0.1, 0.15) is 5.69 Å². The van der Waals surface area contributed by atoms with Crippen LogP contribution >= 0.6 is 0 Å². The molecule has 0 radical (unpaired) electrons. The Morgan fingerprint density at radius 3 is 2.72 bits per heavy atom. The number of rotatable bonds is 3. The van der Waals surface area contributed by atoms with Crippen LogP contribution in [0.15, 0.2) is 24.5 Å². The number of aromatic nitrogens is 3. The molecule has 0 aliphatic heterocycles. The Morgan fingerprint density at radius 2 is 2.17 bits per heavy atom. The second-order valence-electron chi connectivity index (χ2n) is 4.14. The van der Waals surface area contributed by atoms with Gasteiger partial charge in [-0.3, -0.25) is 9.67 Å². The van der Waals surface area contributed by atoms with Crippen LogP contribution in [0.4, 0.5) is 5.82 Å². The molecule has 0 saturated carbocycles. The van der Waals surface area contributed by atoms with Crippen LogP contribution in [-0.2, 0) is 22.6 Å². The molecule has 2 aromatic heterocycles. The number of nitrogen functional groups attached to an aromatic ring is 1. The first kappa shape index (κ1) is 12.6. The lowest BCUT2D eigenvalue weighted by Crippen LogP contribution is -2.03. The Bertz CT molecular complexity index is 662. The number of aryl methyl sites for hydroxylation is 1. The van der Waals surface area contributed by atoms with E-state index >= 15 is 0 Å². The van der Waals surface area contributed by atoms with Gasteiger partial charge in [0, 0.05) is 36.8 Å². The van der Waals surface area contributed by atoms with E-state index in [2.05, 4.69) is 10.1 Å². The molecular formula is C11H14N4O2S. The molecule has 0 fully saturated rings. The third-order valence-electron chi connectivity index (χ3n) is 2.51. The Hall–Kier alpha value is -1.89. The zero-order chi connectivity index (χ0) is 13.3. The highest BCUT2D eigenvalue weighted by Crippen LogP contribution is 2.29. The fraction of sp³-hybridized carbons (Fsp3) is 0.273. The molecule has 2 rings (SSSR count). The fourth-order valence-corrected chi connectivity index (χ4v) is 2.47. The van der Waals surface area contributed by atoms with Crippen LogP contribution in [0.5, 0.6) is 0 Å². The molecule has 0 unspecified atom stereocenters. The number of hydrogen-bond donors (Lipinski definition) is 1. The molecule has 0 saturated heterocycles. The number of sulfone groups is 1. The normalized spacial score (nSPS) is 11.7. The maximum Gasteiger partial charge on any atom is 0.153 e. The molecule has 7 heteroatoms. The minimum atomic E-state index is -3.16. The summed E-state index contributed by atoms with van der Waals surface area (Å²) in [5, 5.41) is 4.16. The zero-order valence-corrected chi connectivity index (χ0v) is 11.0. The molecule has 0 aliphatic carbocycles. The molecule has 0 amide bonds. The molecule has 96 valence electrons. The van der Waals surface area contributed by atoms with E-state index in [0.29, 0.717) is 17.1 Å². The Balaban J connectivity index is 2.59. The van der Waals surface area contributed by atoms with Gasteiger partial charge in [-0.2, -0.15) is 5.10 Å². The number of hydrogen-bond acceptors (Lipinski definition) is 5.